The van der Waals surface area contributed by atoms with Crippen LogP contribution in [-0.4, -0.2) is 70.0 Å². The van der Waals surface area contributed by atoms with Gasteiger partial charge in [0.25, 0.3) is 7.82 Å². The maximum absolute atomic E-state index is 12.9. The van der Waals surface area contributed by atoms with Crippen LogP contribution in [-0.2, 0) is 32.7 Å². The predicted octanol–water partition coefficient (Wildman–Crippen LogP) is 22.3. The number of hydrogen-bond donors (Lipinski definition) is 0. The molecule has 0 radical (unpaired) electrons. The average Bonchev–Trinajstić information content (AvgIpc) is 3.68. The van der Waals surface area contributed by atoms with E-state index in [1.54, 1.807) is 0 Å². The number of phosphoric acid groups is 1. The molecule has 0 saturated heterocycles. The second-order valence-electron chi connectivity index (χ2n) is 23.8. The van der Waals surface area contributed by atoms with Gasteiger partial charge >= 0.3 is 11.9 Å². The number of carbonyl (C=O) groups is 2. The molecule has 0 fully saturated rings. The summed E-state index contributed by atoms with van der Waals surface area (Å²) in [6.07, 6.45) is 101. The Kier molecular flexibility index (Phi) is 63.3. The molecule has 2 unspecified atom stereocenters. The van der Waals surface area contributed by atoms with E-state index in [0.29, 0.717) is 17.4 Å². The van der Waals surface area contributed by atoms with E-state index >= 15 is 0 Å². The third-order valence-electron chi connectivity index (χ3n) is 14.2. The third-order valence-corrected chi connectivity index (χ3v) is 15.2. The van der Waals surface area contributed by atoms with Gasteiger partial charge in [0, 0.05) is 12.8 Å². The molecule has 0 N–H and O–H groups in total. The quantitative estimate of drug-likeness (QED) is 0.0195. The van der Waals surface area contributed by atoms with Crippen LogP contribution in [0.15, 0.2) is 170 Å². The summed E-state index contributed by atoms with van der Waals surface area (Å²) in [5.41, 5.74) is 0. The first-order valence-electron chi connectivity index (χ1n) is 34.8. The van der Waals surface area contributed by atoms with Crippen LogP contribution < -0.4 is 4.89 Å². The standard InChI is InChI=1S/C78H128NO8P/c1-6-8-10-12-14-16-18-20-22-24-26-28-30-32-34-35-36-37-38-39-40-41-42-43-45-47-49-51-53-55-57-59-61-63-65-67-69-71-78(81)87-76(75-86-88(82,83)85-73-72-79(3,4)5)74-84-77(80)70-68-66-64-62-60-58-56-54-52-50-48-46-44-33-31-29-27-25-23-21-19-17-15-13-11-9-7-2/h8-11,14-17,20-23,26-29,32,34,36-37,39-40,42-43,47,49,53,55,76H,6-7,12-13,18-19,24-25,30-31,33,35,38,41,44-46,48,50-52,54,56-75H2,1-5H3/b10-8-,11-9-,16-14-,17-15-,22-20-,23-21-,28-26-,29-27-,34-32-,37-36-,40-39-,43-42-,49-47-,55-53-. The van der Waals surface area contributed by atoms with E-state index in [9.17, 15) is 19.0 Å². The van der Waals surface area contributed by atoms with Crippen molar-refractivity contribution in [2.24, 2.45) is 0 Å². The lowest BCUT2D eigenvalue weighted by Crippen LogP contribution is -2.37. The monoisotopic (exact) mass is 1240 g/mol. The fraction of sp³-hybridized carbons (Fsp3) is 0.615. The van der Waals surface area contributed by atoms with Crippen molar-refractivity contribution >= 4 is 19.8 Å². The second kappa shape index (κ2) is 66.8. The fourth-order valence-corrected chi connectivity index (χ4v) is 9.70. The van der Waals surface area contributed by atoms with Crippen LogP contribution >= 0.6 is 7.82 Å². The Morgan fingerprint density at radius 3 is 0.909 bits per heavy atom. The van der Waals surface area contributed by atoms with Gasteiger partial charge in [-0.1, -0.05) is 287 Å². The first kappa shape index (κ1) is 83.4. The minimum absolute atomic E-state index is 0.0425. The zero-order valence-electron chi connectivity index (χ0n) is 56.6. The molecule has 0 aromatic rings. The fourth-order valence-electron chi connectivity index (χ4n) is 8.97. The maximum Gasteiger partial charge on any atom is 0.306 e. The molecule has 88 heavy (non-hydrogen) atoms. The summed E-state index contributed by atoms with van der Waals surface area (Å²) in [5.74, 6) is -0.859. The van der Waals surface area contributed by atoms with E-state index in [0.717, 1.165) is 148 Å². The molecule has 9 nitrogen and oxygen atoms in total. The molecule has 0 aliphatic rings. The number of hydrogen-bond acceptors (Lipinski definition) is 8. The molecular weight excluding hydrogens is 1110 g/mol. The van der Waals surface area contributed by atoms with E-state index in [1.165, 1.54) is 77.0 Å². The van der Waals surface area contributed by atoms with Crippen molar-refractivity contribution in [1.82, 2.24) is 0 Å². The zero-order valence-corrected chi connectivity index (χ0v) is 57.5. The number of rotatable bonds is 62. The highest BCUT2D eigenvalue weighted by molar-refractivity contribution is 7.45. The number of esters is 2. The van der Waals surface area contributed by atoms with Gasteiger partial charge in [0.15, 0.2) is 6.10 Å². The summed E-state index contributed by atoms with van der Waals surface area (Å²) < 4.78 is 34.3. The van der Waals surface area contributed by atoms with E-state index in [1.807, 2.05) is 21.1 Å². The van der Waals surface area contributed by atoms with Gasteiger partial charge in [0.05, 0.1) is 27.7 Å². The summed E-state index contributed by atoms with van der Waals surface area (Å²) in [5, 5.41) is 0. The number of carbonyl (C=O) groups excluding carboxylic acids is 2. The molecule has 0 aromatic heterocycles. The lowest BCUT2D eigenvalue weighted by atomic mass is 10.0. The molecule has 0 saturated carbocycles. The summed E-state index contributed by atoms with van der Waals surface area (Å²) in [6.45, 7) is 3.99. The van der Waals surface area contributed by atoms with Crippen molar-refractivity contribution < 1.29 is 42.1 Å². The van der Waals surface area contributed by atoms with Crippen molar-refractivity contribution in [3.63, 3.8) is 0 Å². The Bertz CT molecular complexity index is 2090. The molecule has 0 aliphatic carbocycles. The number of phosphoric ester groups is 1. The first-order valence-corrected chi connectivity index (χ1v) is 36.3. The maximum atomic E-state index is 12.9. The zero-order chi connectivity index (χ0) is 64.1. The van der Waals surface area contributed by atoms with E-state index in [-0.39, 0.29) is 26.1 Å². The van der Waals surface area contributed by atoms with Gasteiger partial charge in [-0.2, -0.15) is 0 Å². The summed E-state index contributed by atoms with van der Waals surface area (Å²) >= 11 is 0. The predicted molar refractivity (Wildman–Crippen MR) is 378 cm³/mol. The largest absolute Gasteiger partial charge is 0.756 e. The van der Waals surface area contributed by atoms with E-state index in [4.69, 9.17) is 18.5 Å². The van der Waals surface area contributed by atoms with Crippen molar-refractivity contribution in [1.29, 1.82) is 0 Å². The van der Waals surface area contributed by atoms with Crippen LogP contribution in [0, 0.1) is 0 Å². The lowest BCUT2D eigenvalue weighted by Gasteiger charge is -2.28. The number of unbranched alkanes of at least 4 members (excludes halogenated alkanes) is 20. The molecule has 0 aliphatic heterocycles. The Morgan fingerprint density at radius 1 is 0.352 bits per heavy atom. The summed E-state index contributed by atoms with van der Waals surface area (Å²) in [7, 11) is 1.14. The summed E-state index contributed by atoms with van der Waals surface area (Å²) in [4.78, 5) is 38.1. The minimum atomic E-state index is -4.66. The lowest BCUT2D eigenvalue weighted by molar-refractivity contribution is -0.870. The Hall–Kier alpha value is -4.63. The van der Waals surface area contributed by atoms with Gasteiger partial charge in [-0.25, -0.2) is 0 Å². The van der Waals surface area contributed by atoms with Gasteiger partial charge in [0.1, 0.15) is 19.8 Å². The minimum Gasteiger partial charge on any atom is -0.756 e. The van der Waals surface area contributed by atoms with Crippen LogP contribution in [0.2, 0.25) is 0 Å². The molecular formula is C78H128NO8P. The van der Waals surface area contributed by atoms with Crippen LogP contribution in [0.25, 0.3) is 0 Å². The van der Waals surface area contributed by atoms with E-state index in [2.05, 4.69) is 184 Å². The van der Waals surface area contributed by atoms with Crippen LogP contribution in [0.3, 0.4) is 0 Å². The molecule has 0 aromatic carbocycles. The van der Waals surface area contributed by atoms with E-state index < -0.39 is 32.5 Å². The summed E-state index contributed by atoms with van der Waals surface area (Å²) in [6, 6.07) is 0. The van der Waals surface area contributed by atoms with Gasteiger partial charge in [0.2, 0.25) is 0 Å². The highest BCUT2D eigenvalue weighted by Gasteiger charge is 2.22. The third kappa shape index (κ3) is 70.5. The molecule has 0 amide bonds. The number of ether oxygens (including phenoxy) is 2. The van der Waals surface area contributed by atoms with Gasteiger partial charge in [-0.3, -0.25) is 14.2 Å². The van der Waals surface area contributed by atoms with Crippen LogP contribution in [0.1, 0.15) is 258 Å². The van der Waals surface area contributed by atoms with Gasteiger partial charge < -0.3 is 27.9 Å². The highest BCUT2D eigenvalue weighted by atomic mass is 31.2. The molecule has 0 spiro atoms. The average molecular weight is 1240 g/mol. The van der Waals surface area contributed by atoms with Crippen molar-refractivity contribution in [2.75, 3.05) is 47.5 Å². The molecule has 10 heteroatoms. The van der Waals surface area contributed by atoms with Crippen molar-refractivity contribution in [2.45, 2.75) is 264 Å². The molecule has 0 heterocycles. The Morgan fingerprint density at radius 2 is 0.614 bits per heavy atom. The van der Waals surface area contributed by atoms with Crippen molar-refractivity contribution in [3.8, 4) is 0 Å². The Labute approximate surface area is 540 Å². The highest BCUT2D eigenvalue weighted by Crippen LogP contribution is 2.38. The smallest absolute Gasteiger partial charge is 0.306 e. The first-order chi connectivity index (χ1) is 43.0. The molecule has 0 bridgehead atoms. The number of likely N-dealkylation sites (N-methyl/N-ethyl adjacent to an activating group) is 1. The molecule has 2 atom stereocenters. The van der Waals surface area contributed by atoms with Crippen molar-refractivity contribution in [3.05, 3.63) is 170 Å². The topological polar surface area (TPSA) is 111 Å². The molecule has 0 rings (SSSR count). The Balaban J connectivity index is 4.16. The molecule has 498 valence electrons. The second-order valence-corrected chi connectivity index (χ2v) is 25.2. The van der Waals surface area contributed by atoms with Gasteiger partial charge in [-0.05, 0) is 128 Å². The normalized spacial score (nSPS) is 14.2. The number of quaternary nitrogens is 1. The number of nitrogens with zero attached hydrogens (tertiary/aromatic N) is 1. The number of allylic oxidation sites excluding steroid dienone is 28. The SMILES string of the molecule is CC/C=C\C/C=C\C/C=C\C/C=C\C/C=C\C/C=C\C/C=C\C/C=C\C/C=C\C/C=C\CCCCCCCCC(=O)OC(COC(=O)CCCCCCCCCCCCCCCC/C=C\C/C=C\C/C=C\C/C=C\CC)COP(=O)([O-])OCC[N+](C)(C)C. The van der Waals surface area contributed by atoms with Crippen LogP contribution in [0.4, 0.5) is 0 Å². The van der Waals surface area contributed by atoms with Gasteiger partial charge in [-0.15, -0.1) is 0 Å². The van der Waals surface area contributed by atoms with Crippen LogP contribution in [0.5, 0.6) is 0 Å².